The van der Waals surface area contributed by atoms with Gasteiger partial charge in [-0.25, -0.2) is 0 Å². The number of amides is 1. The van der Waals surface area contributed by atoms with Crippen LogP contribution in [0.5, 0.6) is 0 Å². The summed E-state index contributed by atoms with van der Waals surface area (Å²) in [4.78, 5) is 22.6. The molecule has 17 heavy (non-hydrogen) atoms. The first-order valence-electron chi connectivity index (χ1n) is 4.95. The van der Waals surface area contributed by atoms with Crippen LogP contribution in [0, 0.1) is 0 Å². The third-order valence-corrected chi connectivity index (χ3v) is 2.20. The van der Waals surface area contributed by atoms with E-state index >= 15 is 0 Å². The smallest absolute Gasteiger partial charge is 0.277 e. The summed E-state index contributed by atoms with van der Waals surface area (Å²) < 4.78 is 0. The van der Waals surface area contributed by atoms with Crippen molar-refractivity contribution in [3.05, 3.63) is 41.7 Å². The van der Waals surface area contributed by atoms with Crippen LogP contribution in [0.15, 0.2) is 30.5 Å². The molecule has 1 amide bonds. The molecule has 2 N–H and O–H groups in total. The van der Waals surface area contributed by atoms with Crippen LogP contribution in [-0.4, -0.2) is 27.1 Å². The van der Waals surface area contributed by atoms with E-state index in [4.69, 9.17) is 0 Å². The average molecular weight is 230 g/mol. The predicted molar refractivity (Wildman–Crippen MR) is 60.8 cm³/mol. The lowest BCUT2D eigenvalue weighted by molar-refractivity contribution is 0.101. The van der Waals surface area contributed by atoms with Crippen molar-refractivity contribution in [1.29, 1.82) is 0 Å². The number of aromatic nitrogens is 3. The van der Waals surface area contributed by atoms with Crippen molar-refractivity contribution in [1.82, 2.24) is 15.4 Å². The van der Waals surface area contributed by atoms with Crippen LogP contribution < -0.4 is 5.32 Å². The van der Waals surface area contributed by atoms with Crippen LogP contribution in [-0.2, 0) is 0 Å². The fourth-order valence-corrected chi connectivity index (χ4v) is 1.29. The highest BCUT2D eigenvalue weighted by molar-refractivity contribution is 6.03. The Balaban J connectivity index is 2.09. The minimum absolute atomic E-state index is 0.0145. The first-order chi connectivity index (χ1) is 8.16. The van der Waals surface area contributed by atoms with Crippen LogP contribution in [0.2, 0.25) is 0 Å². The number of nitrogens with one attached hydrogen (secondary N) is 2. The summed E-state index contributed by atoms with van der Waals surface area (Å²) in [6, 6.07) is 6.63. The number of ketones is 1. The summed E-state index contributed by atoms with van der Waals surface area (Å²) in [5.41, 5.74) is 1.41. The molecule has 1 aromatic heterocycles. The highest BCUT2D eigenvalue weighted by Crippen LogP contribution is 2.10. The lowest BCUT2D eigenvalue weighted by Gasteiger charge is -2.03. The zero-order valence-corrected chi connectivity index (χ0v) is 9.10. The van der Waals surface area contributed by atoms with E-state index in [1.165, 1.54) is 13.1 Å². The van der Waals surface area contributed by atoms with Gasteiger partial charge in [-0.15, -0.1) is 0 Å². The van der Waals surface area contributed by atoms with Crippen molar-refractivity contribution >= 4 is 17.4 Å². The molecule has 0 aliphatic carbocycles. The van der Waals surface area contributed by atoms with Gasteiger partial charge in [0.05, 0.1) is 6.20 Å². The van der Waals surface area contributed by atoms with Gasteiger partial charge in [0.1, 0.15) is 0 Å². The zero-order valence-electron chi connectivity index (χ0n) is 9.10. The molecule has 0 spiro atoms. The number of hydrogen-bond donors (Lipinski definition) is 2. The number of aromatic amines is 1. The molecule has 0 aliphatic heterocycles. The van der Waals surface area contributed by atoms with Crippen LogP contribution in [0.25, 0.3) is 0 Å². The minimum Gasteiger partial charge on any atom is -0.321 e. The van der Waals surface area contributed by atoms with E-state index in [0.717, 1.165) is 0 Å². The number of H-pyrrole nitrogens is 1. The van der Waals surface area contributed by atoms with Crippen molar-refractivity contribution < 1.29 is 9.59 Å². The lowest BCUT2D eigenvalue weighted by Crippen LogP contribution is -2.12. The van der Waals surface area contributed by atoms with Gasteiger partial charge in [-0.2, -0.15) is 15.4 Å². The fraction of sp³-hybridized carbons (Fsp3) is 0.0909. The number of rotatable bonds is 3. The van der Waals surface area contributed by atoms with E-state index in [2.05, 4.69) is 20.7 Å². The van der Waals surface area contributed by atoms with Crippen molar-refractivity contribution in [3.8, 4) is 0 Å². The molecule has 0 aliphatic rings. The Hall–Kier alpha value is -2.50. The Kier molecular flexibility index (Phi) is 2.95. The third kappa shape index (κ3) is 2.54. The van der Waals surface area contributed by atoms with E-state index in [-0.39, 0.29) is 17.4 Å². The molecule has 0 unspecified atom stereocenters. The Morgan fingerprint density at radius 1 is 1.24 bits per heavy atom. The molecule has 2 rings (SSSR count). The molecule has 0 bridgehead atoms. The highest BCUT2D eigenvalue weighted by atomic mass is 16.2. The molecule has 86 valence electrons. The van der Waals surface area contributed by atoms with E-state index in [0.29, 0.717) is 11.3 Å². The maximum Gasteiger partial charge on any atom is 0.277 e. The molecule has 0 radical (unpaired) electrons. The Labute approximate surface area is 97.0 Å². The van der Waals surface area contributed by atoms with Gasteiger partial charge < -0.3 is 5.32 Å². The Morgan fingerprint density at radius 3 is 2.47 bits per heavy atom. The monoisotopic (exact) mass is 230 g/mol. The minimum atomic E-state index is -0.352. The second-order valence-electron chi connectivity index (χ2n) is 3.44. The summed E-state index contributed by atoms with van der Waals surface area (Å²) in [6.45, 7) is 1.49. The lowest BCUT2D eigenvalue weighted by atomic mass is 10.1. The molecule has 0 saturated carbocycles. The van der Waals surface area contributed by atoms with Gasteiger partial charge in [0, 0.05) is 11.3 Å². The first-order valence-corrected chi connectivity index (χ1v) is 4.95. The molecule has 1 aromatic carbocycles. The SMILES string of the molecule is CC(=O)c1ccc(NC(=O)c2cn[nH]n2)cc1. The van der Waals surface area contributed by atoms with Gasteiger partial charge in [-0.1, -0.05) is 0 Å². The molecular weight excluding hydrogens is 220 g/mol. The Bertz CT molecular complexity index is 531. The largest absolute Gasteiger partial charge is 0.321 e. The number of Topliss-reactive ketones (excluding diaryl/α,β-unsaturated/α-hetero) is 1. The van der Waals surface area contributed by atoms with Gasteiger partial charge in [-0.05, 0) is 31.2 Å². The van der Waals surface area contributed by atoms with Crippen molar-refractivity contribution in [2.45, 2.75) is 6.92 Å². The number of anilines is 1. The predicted octanol–water partition coefficient (Wildman–Crippen LogP) is 1.26. The first kappa shape index (κ1) is 11.0. The van der Waals surface area contributed by atoms with Gasteiger partial charge in [-0.3, -0.25) is 9.59 Å². The second-order valence-corrected chi connectivity index (χ2v) is 3.44. The third-order valence-electron chi connectivity index (χ3n) is 2.20. The van der Waals surface area contributed by atoms with Crippen LogP contribution in [0.3, 0.4) is 0 Å². The second kappa shape index (κ2) is 4.56. The number of benzene rings is 1. The summed E-state index contributed by atoms with van der Waals surface area (Å²) >= 11 is 0. The standard InChI is InChI=1S/C11H10N4O2/c1-7(16)8-2-4-9(5-3-8)13-11(17)10-6-12-15-14-10/h2-6H,1H3,(H,13,17)(H,12,14,15). The average Bonchev–Trinajstić information content (AvgIpc) is 2.83. The summed E-state index contributed by atoms with van der Waals surface area (Å²) in [6.07, 6.45) is 1.33. The molecule has 1 heterocycles. The van der Waals surface area contributed by atoms with Crippen molar-refractivity contribution in [2.75, 3.05) is 5.32 Å². The van der Waals surface area contributed by atoms with E-state index < -0.39 is 0 Å². The Morgan fingerprint density at radius 2 is 1.94 bits per heavy atom. The molecule has 2 aromatic rings. The van der Waals surface area contributed by atoms with Gasteiger partial charge >= 0.3 is 0 Å². The number of nitrogens with zero attached hydrogens (tertiary/aromatic N) is 2. The van der Waals surface area contributed by atoms with E-state index in [1.54, 1.807) is 24.3 Å². The highest BCUT2D eigenvalue weighted by Gasteiger charge is 2.08. The molecule has 6 nitrogen and oxygen atoms in total. The molecule has 6 heteroatoms. The van der Waals surface area contributed by atoms with Gasteiger partial charge in [0.25, 0.3) is 5.91 Å². The maximum atomic E-state index is 11.6. The van der Waals surface area contributed by atoms with Crippen molar-refractivity contribution in [2.24, 2.45) is 0 Å². The van der Waals surface area contributed by atoms with Crippen LogP contribution in [0.1, 0.15) is 27.8 Å². The van der Waals surface area contributed by atoms with Crippen LogP contribution >= 0.6 is 0 Å². The summed E-state index contributed by atoms with van der Waals surface area (Å²) in [7, 11) is 0. The maximum absolute atomic E-state index is 11.6. The molecule has 0 fully saturated rings. The van der Waals surface area contributed by atoms with Gasteiger partial charge in [0.2, 0.25) is 0 Å². The van der Waals surface area contributed by atoms with Gasteiger partial charge in [0.15, 0.2) is 11.5 Å². The normalized spacial score (nSPS) is 9.94. The van der Waals surface area contributed by atoms with E-state index in [1.807, 2.05) is 0 Å². The summed E-state index contributed by atoms with van der Waals surface area (Å²) in [5, 5.41) is 12.2. The van der Waals surface area contributed by atoms with Crippen molar-refractivity contribution in [3.63, 3.8) is 0 Å². The molecule has 0 atom stereocenters. The van der Waals surface area contributed by atoms with E-state index in [9.17, 15) is 9.59 Å². The summed E-state index contributed by atoms with van der Waals surface area (Å²) in [5.74, 6) is -0.367. The quantitative estimate of drug-likeness (QED) is 0.777. The topological polar surface area (TPSA) is 87.7 Å². The zero-order chi connectivity index (χ0) is 12.3. The molecule has 0 saturated heterocycles. The number of carbonyl (C=O) groups excluding carboxylic acids is 2. The molecular formula is C11H10N4O2. The number of carbonyl (C=O) groups is 2. The fourth-order valence-electron chi connectivity index (χ4n) is 1.29. The number of hydrogen-bond acceptors (Lipinski definition) is 4. The van der Waals surface area contributed by atoms with Crippen LogP contribution in [0.4, 0.5) is 5.69 Å².